The van der Waals surface area contributed by atoms with Crippen LogP contribution in [0.5, 0.6) is 0 Å². The van der Waals surface area contributed by atoms with E-state index in [4.69, 9.17) is 5.84 Å². The lowest BCUT2D eigenvalue weighted by molar-refractivity contribution is 0.993. The molecule has 3 rings (SSSR count). The fourth-order valence-electron chi connectivity index (χ4n) is 1.78. The zero-order valence-electron chi connectivity index (χ0n) is 9.69. The van der Waals surface area contributed by atoms with Gasteiger partial charge in [-0.15, -0.1) is 0 Å². The number of nitrogens with zero attached hydrogens (tertiary/aromatic N) is 3. The van der Waals surface area contributed by atoms with Crippen molar-refractivity contribution in [1.29, 1.82) is 0 Å². The van der Waals surface area contributed by atoms with E-state index in [1.165, 1.54) is 5.01 Å². The monoisotopic (exact) mass is 236 g/mol. The minimum absolute atomic E-state index is 0.486. The molecular weight excluding hydrogens is 224 g/mol. The van der Waals surface area contributed by atoms with Crippen molar-refractivity contribution in [3.05, 3.63) is 60.8 Å². The van der Waals surface area contributed by atoms with E-state index < -0.39 is 0 Å². The van der Waals surface area contributed by atoms with E-state index in [0.717, 1.165) is 16.6 Å². The van der Waals surface area contributed by atoms with Crippen molar-refractivity contribution in [3.63, 3.8) is 0 Å². The third-order valence-corrected chi connectivity index (χ3v) is 2.73. The fraction of sp³-hybridized carbons (Fsp3) is 0. The molecule has 0 saturated heterocycles. The molecule has 0 amide bonds. The number of hydrogen-bond donors (Lipinski definition) is 1. The molecule has 3 aromatic rings. The Kier molecular flexibility index (Phi) is 2.63. The van der Waals surface area contributed by atoms with Gasteiger partial charge in [-0.25, -0.2) is 20.8 Å². The lowest BCUT2D eigenvalue weighted by Gasteiger charge is -2.16. The Bertz CT molecular complexity index is 667. The van der Waals surface area contributed by atoms with Gasteiger partial charge in [-0.1, -0.05) is 36.4 Å². The minimum atomic E-state index is 0.486. The number of anilines is 2. The summed E-state index contributed by atoms with van der Waals surface area (Å²) in [5.41, 5.74) is 1.74. The lowest BCUT2D eigenvalue weighted by atomic mass is 10.2. The van der Waals surface area contributed by atoms with Gasteiger partial charge in [0.2, 0.25) is 5.95 Å². The van der Waals surface area contributed by atoms with Crippen molar-refractivity contribution in [2.75, 3.05) is 5.01 Å². The molecule has 0 fully saturated rings. The molecule has 0 atom stereocenters. The van der Waals surface area contributed by atoms with Gasteiger partial charge in [0.05, 0.1) is 11.2 Å². The zero-order chi connectivity index (χ0) is 12.4. The Morgan fingerprint density at radius 2 is 1.61 bits per heavy atom. The highest BCUT2D eigenvalue weighted by Gasteiger charge is 2.07. The van der Waals surface area contributed by atoms with Crippen LogP contribution in [0.25, 0.3) is 10.9 Å². The summed E-state index contributed by atoms with van der Waals surface area (Å²) in [5.74, 6) is 6.50. The van der Waals surface area contributed by atoms with Gasteiger partial charge in [0, 0.05) is 11.6 Å². The van der Waals surface area contributed by atoms with Gasteiger partial charge in [-0.3, -0.25) is 0 Å². The first-order valence-electron chi connectivity index (χ1n) is 5.66. The number of para-hydroxylation sites is 2. The van der Waals surface area contributed by atoms with Crippen molar-refractivity contribution in [2.24, 2.45) is 5.84 Å². The average Bonchev–Trinajstić information content (AvgIpc) is 2.47. The summed E-state index contributed by atoms with van der Waals surface area (Å²) in [7, 11) is 0. The van der Waals surface area contributed by atoms with Gasteiger partial charge in [-0.05, 0) is 18.2 Å². The third-order valence-electron chi connectivity index (χ3n) is 2.73. The van der Waals surface area contributed by atoms with Gasteiger partial charge in [0.15, 0.2) is 0 Å². The average molecular weight is 236 g/mol. The lowest BCUT2D eigenvalue weighted by Crippen LogP contribution is -2.26. The number of fused-ring (bicyclic) bond motifs is 1. The predicted molar refractivity (Wildman–Crippen MR) is 72.3 cm³/mol. The van der Waals surface area contributed by atoms with E-state index in [0.29, 0.717) is 5.95 Å². The first-order chi connectivity index (χ1) is 8.84. The number of hydrazine groups is 1. The molecule has 0 unspecified atom stereocenters. The van der Waals surface area contributed by atoms with Crippen LogP contribution in [-0.2, 0) is 0 Å². The molecule has 1 heterocycles. The third kappa shape index (κ3) is 1.89. The molecule has 88 valence electrons. The van der Waals surface area contributed by atoms with Crippen molar-refractivity contribution < 1.29 is 0 Å². The predicted octanol–water partition coefficient (Wildman–Crippen LogP) is 2.64. The number of benzene rings is 2. The van der Waals surface area contributed by atoms with Crippen LogP contribution in [0.15, 0.2) is 60.8 Å². The minimum Gasteiger partial charge on any atom is -0.246 e. The fourth-order valence-corrected chi connectivity index (χ4v) is 1.78. The second-order valence-corrected chi connectivity index (χ2v) is 3.93. The van der Waals surface area contributed by atoms with Crippen molar-refractivity contribution in [1.82, 2.24) is 9.97 Å². The van der Waals surface area contributed by atoms with Crippen molar-refractivity contribution in [3.8, 4) is 0 Å². The maximum absolute atomic E-state index is 6.02. The van der Waals surface area contributed by atoms with Gasteiger partial charge in [0.25, 0.3) is 0 Å². The molecule has 1 aromatic heterocycles. The largest absolute Gasteiger partial charge is 0.246 e. The first-order valence-corrected chi connectivity index (χ1v) is 5.66. The molecule has 0 bridgehead atoms. The first kappa shape index (κ1) is 10.7. The summed E-state index contributed by atoms with van der Waals surface area (Å²) in [6, 6.07) is 17.5. The van der Waals surface area contributed by atoms with Crippen LogP contribution in [0.1, 0.15) is 0 Å². The summed E-state index contributed by atoms with van der Waals surface area (Å²) in [6.07, 6.45) is 1.78. The highest BCUT2D eigenvalue weighted by molar-refractivity contribution is 5.78. The van der Waals surface area contributed by atoms with Crippen LogP contribution in [0.4, 0.5) is 11.6 Å². The summed E-state index contributed by atoms with van der Waals surface area (Å²) in [6.45, 7) is 0. The van der Waals surface area contributed by atoms with Crippen LogP contribution in [0.2, 0.25) is 0 Å². The maximum Gasteiger partial charge on any atom is 0.245 e. The van der Waals surface area contributed by atoms with E-state index in [9.17, 15) is 0 Å². The standard InChI is InChI=1S/C14H12N4/c15-18(12-7-2-1-3-8-12)14-16-10-11-6-4-5-9-13(11)17-14/h1-10H,15H2. The smallest absolute Gasteiger partial charge is 0.245 e. The van der Waals surface area contributed by atoms with Crippen molar-refractivity contribution >= 4 is 22.5 Å². The Hall–Kier alpha value is -2.46. The Morgan fingerprint density at radius 1 is 0.889 bits per heavy atom. The van der Waals surface area contributed by atoms with Gasteiger partial charge < -0.3 is 0 Å². The molecular formula is C14H12N4. The molecule has 0 spiro atoms. The Morgan fingerprint density at radius 3 is 2.44 bits per heavy atom. The molecule has 0 saturated carbocycles. The zero-order valence-corrected chi connectivity index (χ0v) is 9.69. The molecule has 2 aromatic carbocycles. The molecule has 4 nitrogen and oxygen atoms in total. The molecule has 0 aliphatic carbocycles. The van der Waals surface area contributed by atoms with Crippen LogP contribution in [0.3, 0.4) is 0 Å². The normalized spacial score (nSPS) is 10.5. The van der Waals surface area contributed by atoms with Gasteiger partial charge in [0.1, 0.15) is 0 Å². The topological polar surface area (TPSA) is 55.0 Å². The second kappa shape index (κ2) is 4.43. The van der Waals surface area contributed by atoms with Crippen LogP contribution in [-0.4, -0.2) is 9.97 Å². The summed E-state index contributed by atoms with van der Waals surface area (Å²) < 4.78 is 0. The summed E-state index contributed by atoms with van der Waals surface area (Å²) >= 11 is 0. The molecule has 2 N–H and O–H groups in total. The molecule has 0 aliphatic heterocycles. The van der Waals surface area contributed by atoms with Gasteiger partial charge in [-0.2, -0.15) is 0 Å². The van der Waals surface area contributed by atoms with E-state index in [-0.39, 0.29) is 0 Å². The maximum atomic E-state index is 6.02. The van der Waals surface area contributed by atoms with Crippen LogP contribution in [0, 0.1) is 0 Å². The summed E-state index contributed by atoms with van der Waals surface area (Å²) in [4.78, 5) is 8.71. The van der Waals surface area contributed by atoms with Crippen molar-refractivity contribution in [2.45, 2.75) is 0 Å². The second-order valence-electron chi connectivity index (χ2n) is 3.93. The number of aromatic nitrogens is 2. The van der Waals surface area contributed by atoms with E-state index in [2.05, 4.69) is 9.97 Å². The number of hydrogen-bond acceptors (Lipinski definition) is 4. The Balaban J connectivity index is 2.04. The quantitative estimate of drug-likeness (QED) is 0.549. The van der Waals surface area contributed by atoms with Gasteiger partial charge >= 0.3 is 0 Å². The SMILES string of the molecule is NN(c1ccccc1)c1ncc2ccccc2n1. The number of nitrogens with two attached hydrogens (primary N) is 1. The molecule has 0 aliphatic rings. The Labute approximate surface area is 105 Å². The van der Waals surface area contributed by atoms with Crippen LogP contribution >= 0.6 is 0 Å². The molecule has 18 heavy (non-hydrogen) atoms. The van der Waals surface area contributed by atoms with E-state index in [1.54, 1.807) is 6.20 Å². The highest BCUT2D eigenvalue weighted by Crippen LogP contribution is 2.19. The summed E-state index contributed by atoms with van der Waals surface area (Å²) in [5, 5.41) is 2.48. The molecule has 4 heteroatoms. The van der Waals surface area contributed by atoms with E-state index >= 15 is 0 Å². The van der Waals surface area contributed by atoms with Crippen LogP contribution < -0.4 is 10.9 Å². The van der Waals surface area contributed by atoms with E-state index in [1.807, 2.05) is 54.6 Å². The highest BCUT2D eigenvalue weighted by atomic mass is 15.5. The molecule has 0 radical (unpaired) electrons. The number of rotatable bonds is 2.